The van der Waals surface area contributed by atoms with Gasteiger partial charge in [-0.1, -0.05) is 25.5 Å². The number of allylic oxidation sites excluding steroid dienone is 1. The van der Waals surface area contributed by atoms with E-state index in [1.54, 1.807) is 21.1 Å². The molecular formula is C15H27NO4. The molecule has 0 saturated carbocycles. The van der Waals surface area contributed by atoms with Crippen LogP contribution in [0, 0.1) is 0 Å². The van der Waals surface area contributed by atoms with Gasteiger partial charge in [-0.25, -0.2) is 0 Å². The number of Topliss-reactive ketones (excluding diaryl/α,β-unsaturated/α-hetero) is 1. The van der Waals surface area contributed by atoms with E-state index in [2.05, 4.69) is 6.58 Å². The van der Waals surface area contributed by atoms with E-state index in [-0.39, 0.29) is 13.0 Å². The van der Waals surface area contributed by atoms with Crippen molar-refractivity contribution in [3.05, 3.63) is 12.2 Å². The van der Waals surface area contributed by atoms with E-state index in [4.69, 9.17) is 0 Å². The summed E-state index contributed by atoms with van der Waals surface area (Å²) in [6.07, 6.45) is 1.72. The van der Waals surface area contributed by atoms with Gasteiger partial charge in [0.1, 0.15) is 6.54 Å². The fourth-order valence-corrected chi connectivity index (χ4v) is 2.27. The fraction of sp³-hybridized carbons (Fsp3) is 0.733. The van der Waals surface area contributed by atoms with E-state index in [0.717, 1.165) is 18.4 Å². The number of hydrogen-bond acceptors (Lipinski definition) is 4. The highest BCUT2D eigenvalue weighted by Crippen LogP contribution is 2.20. The molecule has 0 aromatic heterocycles. The van der Waals surface area contributed by atoms with Crippen molar-refractivity contribution in [3.63, 3.8) is 0 Å². The number of quaternary nitrogens is 1. The van der Waals surface area contributed by atoms with Crippen molar-refractivity contribution >= 4 is 11.8 Å². The number of rotatable bonds is 10. The second-order valence-corrected chi connectivity index (χ2v) is 6.45. The van der Waals surface area contributed by atoms with E-state index in [1.807, 2.05) is 6.92 Å². The summed E-state index contributed by atoms with van der Waals surface area (Å²) in [6, 6.07) is 0. The summed E-state index contributed by atoms with van der Waals surface area (Å²) >= 11 is 0. The second-order valence-electron chi connectivity index (χ2n) is 6.45. The van der Waals surface area contributed by atoms with Gasteiger partial charge in [-0.2, -0.15) is 0 Å². The summed E-state index contributed by atoms with van der Waals surface area (Å²) in [5.74, 6) is -1.87. The van der Waals surface area contributed by atoms with Gasteiger partial charge >= 0.3 is 0 Å². The SMILES string of the molecule is C=C(CCC)CCC(=O)C(O)(CC(=O)[O-])C[N+](C)(C)C. The van der Waals surface area contributed by atoms with Crippen molar-refractivity contribution in [1.29, 1.82) is 0 Å². The smallest absolute Gasteiger partial charge is 0.177 e. The Bertz CT molecular complexity index is 371. The Labute approximate surface area is 121 Å². The predicted molar refractivity (Wildman–Crippen MR) is 75.8 cm³/mol. The number of nitrogens with zero attached hydrogens (tertiary/aromatic N) is 1. The third-order valence-electron chi connectivity index (χ3n) is 3.00. The minimum absolute atomic E-state index is 0.0417. The van der Waals surface area contributed by atoms with Crippen LogP contribution in [0.4, 0.5) is 0 Å². The summed E-state index contributed by atoms with van der Waals surface area (Å²) in [4.78, 5) is 23.0. The van der Waals surface area contributed by atoms with Gasteiger partial charge in [-0.15, -0.1) is 0 Å². The largest absolute Gasteiger partial charge is 0.550 e. The molecule has 0 radical (unpaired) electrons. The number of carboxylic acids is 1. The zero-order valence-corrected chi connectivity index (χ0v) is 13.1. The number of hydrogen-bond donors (Lipinski definition) is 1. The molecule has 0 heterocycles. The Balaban J connectivity index is 4.81. The first-order valence-electron chi connectivity index (χ1n) is 6.93. The Morgan fingerprint density at radius 3 is 2.15 bits per heavy atom. The molecule has 5 nitrogen and oxygen atoms in total. The molecule has 0 spiro atoms. The average Bonchev–Trinajstić information content (AvgIpc) is 2.22. The molecular weight excluding hydrogens is 258 g/mol. The maximum Gasteiger partial charge on any atom is 0.177 e. The van der Waals surface area contributed by atoms with Crippen LogP contribution in [0.3, 0.4) is 0 Å². The van der Waals surface area contributed by atoms with Crippen molar-refractivity contribution in [2.75, 3.05) is 27.7 Å². The molecule has 0 aliphatic heterocycles. The molecule has 1 N–H and O–H groups in total. The van der Waals surface area contributed by atoms with Gasteiger partial charge in [0.15, 0.2) is 11.4 Å². The minimum atomic E-state index is -1.87. The van der Waals surface area contributed by atoms with Crippen LogP contribution < -0.4 is 5.11 Å². The molecule has 5 heteroatoms. The van der Waals surface area contributed by atoms with Crippen molar-refractivity contribution in [3.8, 4) is 0 Å². The van der Waals surface area contributed by atoms with Crippen molar-refractivity contribution in [2.45, 2.75) is 44.6 Å². The molecule has 0 bridgehead atoms. The molecule has 1 unspecified atom stereocenters. The van der Waals surface area contributed by atoms with E-state index < -0.39 is 23.8 Å². The highest BCUT2D eigenvalue weighted by Gasteiger charge is 2.40. The summed E-state index contributed by atoms with van der Waals surface area (Å²) in [7, 11) is 5.39. The summed E-state index contributed by atoms with van der Waals surface area (Å²) in [6.45, 7) is 5.93. The minimum Gasteiger partial charge on any atom is -0.550 e. The first-order valence-corrected chi connectivity index (χ1v) is 6.93. The zero-order valence-electron chi connectivity index (χ0n) is 13.1. The number of carboxylic acid groups (broad SMARTS) is 1. The quantitative estimate of drug-likeness (QED) is 0.462. The van der Waals surface area contributed by atoms with Gasteiger partial charge in [0.2, 0.25) is 0 Å². The highest BCUT2D eigenvalue weighted by molar-refractivity contribution is 5.90. The lowest BCUT2D eigenvalue weighted by Crippen LogP contribution is -2.56. The van der Waals surface area contributed by atoms with Gasteiger partial charge in [-0.05, 0) is 12.8 Å². The number of likely N-dealkylation sites (N-methyl/N-ethyl adjacent to an activating group) is 1. The monoisotopic (exact) mass is 285 g/mol. The Hall–Kier alpha value is -1.20. The molecule has 0 aromatic rings. The van der Waals surface area contributed by atoms with E-state index in [1.165, 1.54) is 0 Å². The molecule has 0 saturated heterocycles. The van der Waals surface area contributed by atoms with Crippen LogP contribution in [0.5, 0.6) is 0 Å². The molecule has 1 atom stereocenters. The zero-order chi connectivity index (χ0) is 16.0. The maximum absolute atomic E-state index is 12.2. The maximum atomic E-state index is 12.2. The number of aliphatic carboxylic acids is 1. The van der Waals surface area contributed by atoms with Gasteiger partial charge < -0.3 is 19.5 Å². The third-order valence-corrected chi connectivity index (χ3v) is 3.00. The molecule has 0 fully saturated rings. The first kappa shape index (κ1) is 18.8. The van der Waals surface area contributed by atoms with Crippen molar-refractivity contribution in [2.24, 2.45) is 0 Å². The van der Waals surface area contributed by atoms with Crippen LogP contribution >= 0.6 is 0 Å². The van der Waals surface area contributed by atoms with Gasteiger partial charge in [-0.3, -0.25) is 4.79 Å². The molecule has 20 heavy (non-hydrogen) atoms. The number of carbonyl (C=O) groups is 2. The lowest BCUT2D eigenvalue weighted by Gasteiger charge is -2.35. The summed E-state index contributed by atoms with van der Waals surface area (Å²) in [5.41, 5.74) is -0.925. The molecule has 0 aromatic carbocycles. The molecule has 0 amide bonds. The number of carbonyl (C=O) groups excluding carboxylic acids is 2. The molecule has 116 valence electrons. The first-order chi connectivity index (χ1) is 9.00. The van der Waals surface area contributed by atoms with E-state index >= 15 is 0 Å². The summed E-state index contributed by atoms with van der Waals surface area (Å²) < 4.78 is 0.297. The lowest BCUT2D eigenvalue weighted by molar-refractivity contribution is -0.875. The van der Waals surface area contributed by atoms with Crippen LogP contribution in [0.2, 0.25) is 0 Å². The molecule has 0 aliphatic carbocycles. The average molecular weight is 285 g/mol. The number of ketones is 1. The second kappa shape index (κ2) is 7.55. The van der Waals surface area contributed by atoms with Crippen LogP contribution in [-0.4, -0.2) is 54.6 Å². The van der Waals surface area contributed by atoms with Crippen LogP contribution in [-0.2, 0) is 9.59 Å². The molecule has 0 aliphatic rings. The standard InChI is InChI=1S/C15H27NO4/c1-6-7-12(2)8-9-13(17)15(20,10-14(18)19)11-16(3,4)5/h20H,2,6-11H2,1,3-5H3. The normalized spacial score (nSPS) is 14.7. The van der Waals surface area contributed by atoms with Crippen molar-refractivity contribution in [1.82, 2.24) is 0 Å². The van der Waals surface area contributed by atoms with Crippen LogP contribution in [0.1, 0.15) is 39.0 Å². The van der Waals surface area contributed by atoms with Crippen molar-refractivity contribution < 1.29 is 24.3 Å². The van der Waals surface area contributed by atoms with Gasteiger partial charge in [0.25, 0.3) is 0 Å². The highest BCUT2D eigenvalue weighted by atomic mass is 16.4. The topological polar surface area (TPSA) is 77.4 Å². The summed E-state index contributed by atoms with van der Waals surface area (Å²) in [5, 5.41) is 21.2. The third kappa shape index (κ3) is 7.40. The number of aliphatic hydroxyl groups is 1. The Kier molecular flexibility index (Phi) is 7.09. The van der Waals surface area contributed by atoms with E-state index in [9.17, 15) is 19.8 Å². The lowest BCUT2D eigenvalue weighted by atomic mass is 9.89. The van der Waals surface area contributed by atoms with Crippen LogP contribution in [0.15, 0.2) is 12.2 Å². The predicted octanol–water partition coefficient (Wildman–Crippen LogP) is 0.269. The molecule has 0 rings (SSSR count). The van der Waals surface area contributed by atoms with Gasteiger partial charge in [0, 0.05) is 18.8 Å². The fourth-order valence-electron chi connectivity index (χ4n) is 2.27. The van der Waals surface area contributed by atoms with E-state index in [0.29, 0.717) is 10.9 Å². The Morgan fingerprint density at radius 1 is 1.20 bits per heavy atom. The van der Waals surface area contributed by atoms with Gasteiger partial charge in [0.05, 0.1) is 21.1 Å². The van der Waals surface area contributed by atoms with Crippen LogP contribution in [0.25, 0.3) is 0 Å². The Morgan fingerprint density at radius 2 is 1.75 bits per heavy atom.